The van der Waals surface area contributed by atoms with E-state index >= 15 is 0 Å². The van der Waals surface area contributed by atoms with E-state index in [1.807, 2.05) is 31.2 Å². The van der Waals surface area contributed by atoms with Crippen LogP contribution in [-0.4, -0.2) is 19.8 Å². The summed E-state index contributed by atoms with van der Waals surface area (Å²) in [5.41, 5.74) is 0. The van der Waals surface area contributed by atoms with Crippen molar-refractivity contribution in [1.82, 2.24) is 0 Å². The van der Waals surface area contributed by atoms with Gasteiger partial charge in [0.25, 0.3) is 0 Å². The maximum atomic E-state index is 5.51. The average molecular weight is 259 g/mol. The standard InChI is InChI=1S/C11H15BrO2/c1-2-13-8-3-9-14-11-6-4-10(12)5-7-11/h4-7H,2-3,8-9H2,1H3. The highest BCUT2D eigenvalue weighted by Gasteiger charge is 1.93. The highest BCUT2D eigenvalue weighted by atomic mass is 79.9. The summed E-state index contributed by atoms with van der Waals surface area (Å²) < 4.78 is 11.8. The second-order valence-corrected chi connectivity index (χ2v) is 3.77. The molecule has 0 amide bonds. The van der Waals surface area contributed by atoms with Crippen LogP contribution in [0.5, 0.6) is 5.75 Å². The fourth-order valence-electron chi connectivity index (χ4n) is 1.03. The normalized spacial score (nSPS) is 10.1. The molecule has 14 heavy (non-hydrogen) atoms. The topological polar surface area (TPSA) is 18.5 Å². The Morgan fingerprint density at radius 3 is 2.50 bits per heavy atom. The minimum atomic E-state index is 0.710. The Bertz CT molecular complexity index is 246. The molecule has 0 aromatic heterocycles. The van der Waals surface area contributed by atoms with Crippen molar-refractivity contribution in [1.29, 1.82) is 0 Å². The molecular formula is C11H15BrO2. The molecule has 0 heterocycles. The first-order valence-electron chi connectivity index (χ1n) is 4.79. The molecule has 0 atom stereocenters. The molecule has 1 aromatic rings. The number of hydrogen-bond acceptors (Lipinski definition) is 2. The number of rotatable bonds is 6. The van der Waals surface area contributed by atoms with Gasteiger partial charge in [-0.05, 0) is 31.2 Å². The lowest BCUT2D eigenvalue weighted by Gasteiger charge is -2.05. The van der Waals surface area contributed by atoms with Gasteiger partial charge in [0.1, 0.15) is 5.75 Å². The van der Waals surface area contributed by atoms with Crippen molar-refractivity contribution in [3.8, 4) is 5.75 Å². The van der Waals surface area contributed by atoms with Crippen molar-refractivity contribution < 1.29 is 9.47 Å². The van der Waals surface area contributed by atoms with Crippen LogP contribution in [0.4, 0.5) is 0 Å². The van der Waals surface area contributed by atoms with Gasteiger partial charge in [-0.25, -0.2) is 0 Å². The lowest BCUT2D eigenvalue weighted by Crippen LogP contribution is -2.02. The van der Waals surface area contributed by atoms with E-state index in [0.717, 1.165) is 29.9 Å². The van der Waals surface area contributed by atoms with E-state index in [0.29, 0.717) is 6.61 Å². The molecule has 1 aromatic carbocycles. The molecule has 0 fully saturated rings. The van der Waals surface area contributed by atoms with Gasteiger partial charge in [-0.3, -0.25) is 0 Å². The molecule has 3 heteroatoms. The van der Waals surface area contributed by atoms with Gasteiger partial charge in [0.2, 0.25) is 0 Å². The van der Waals surface area contributed by atoms with Crippen LogP contribution in [0.3, 0.4) is 0 Å². The fourth-order valence-corrected chi connectivity index (χ4v) is 1.29. The molecule has 0 unspecified atom stereocenters. The number of hydrogen-bond donors (Lipinski definition) is 0. The van der Waals surface area contributed by atoms with Crippen molar-refractivity contribution >= 4 is 15.9 Å². The summed E-state index contributed by atoms with van der Waals surface area (Å²) in [7, 11) is 0. The largest absolute Gasteiger partial charge is 0.494 e. The average Bonchev–Trinajstić information content (AvgIpc) is 2.21. The molecule has 1 rings (SSSR count). The molecule has 0 aliphatic heterocycles. The van der Waals surface area contributed by atoms with Gasteiger partial charge >= 0.3 is 0 Å². The Morgan fingerprint density at radius 1 is 1.14 bits per heavy atom. The highest BCUT2D eigenvalue weighted by molar-refractivity contribution is 9.10. The molecule has 0 N–H and O–H groups in total. The summed E-state index contributed by atoms with van der Waals surface area (Å²) in [5, 5.41) is 0. The summed E-state index contributed by atoms with van der Waals surface area (Å²) in [6.07, 6.45) is 0.934. The summed E-state index contributed by atoms with van der Waals surface area (Å²) in [6.45, 7) is 4.25. The second-order valence-electron chi connectivity index (χ2n) is 2.85. The lowest BCUT2D eigenvalue weighted by atomic mass is 10.3. The third-order valence-corrected chi connectivity index (χ3v) is 2.25. The van der Waals surface area contributed by atoms with Crippen LogP contribution in [-0.2, 0) is 4.74 Å². The second kappa shape index (κ2) is 6.85. The van der Waals surface area contributed by atoms with E-state index in [1.165, 1.54) is 0 Å². The minimum absolute atomic E-state index is 0.710. The quantitative estimate of drug-likeness (QED) is 0.730. The summed E-state index contributed by atoms with van der Waals surface area (Å²) >= 11 is 3.37. The molecule has 0 radical (unpaired) electrons. The van der Waals surface area contributed by atoms with E-state index in [1.54, 1.807) is 0 Å². The lowest BCUT2D eigenvalue weighted by molar-refractivity contribution is 0.131. The maximum Gasteiger partial charge on any atom is 0.119 e. The van der Waals surface area contributed by atoms with Gasteiger partial charge in [0, 0.05) is 24.1 Å². The van der Waals surface area contributed by atoms with Gasteiger partial charge in [0.15, 0.2) is 0 Å². The molecule has 0 aliphatic carbocycles. The Balaban J connectivity index is 2.15. The van der Waals surface area contributed by atoms with Crippen LogP contribution < -0.4 is 4.74 Å². The van der Waals surface area contributed by atoms with Crippen LogP contribution in [0.2, 0.25) is 0 Å². The minimum Gasteiger partial charge on any atom is -0.494 e. The van der Waals surface area contributed by atoms with E-state index in [9.17, 15) is 0 Å². The van der Waals surface area contributed by atoms with Gasteiger partial charge in [0.05, 0.1) is 6.61 Å². The van der Waals surface area contributed by atoms with Gasteiger partial charge in [-0.1, -0.05) is 15.9 Å². The fraction of sp³-hybridized carbons (Fsp3) is 0.455. The van der Waals surface area contributed by atoms with Crippen molar-refractivity contribution in [2.24, 2.45) is 0 Å². The van der Waals surface area contributed by atoms with Crippen molar-refractivity contribution in [3.05, 3.63) is 28.7 Å². The van der Waals surface area contributed by atoms with E-state index in [4.69, 9.17) is 9.47 Å². The molecule has 0 aliphatic rings. The van der Waals surface area contributed by atoms with Crippen molar-refractivity contribution in [2.75, 3.05) is 19.8 Å². The third kappa shape index (κ3) is 4.63. The smallest absolute Gasteiger partial charge is 0.119 e. The first kappa shape index (κ1) is 11.5. The van der Waals surface area contributed by atoms with E-state index < -0.39 is 0 Å². The van der Waals surface area contributed by atoms with Crippen LogP contribution in [0.1, 0.15) is 13.3 Å². The van der Waals surface area contributed by atoms with Gasteiger partial charge < -0.3 is 9.47 Å². The molecule has 78 valence electrons. The zero-order valence-electron chi connectivity index (χ0n) is 8.33. The zero-order chi connectivity index (χ0) is 10.2. The summed E-state index contributed by atoms with van der Waals surface area (Å²) in [6, 6.07) is 7.84. The Labute approximate surface area is 93.4 Å². The van der Waals surface area contributed by atoms with E-state index in [2.05, 4.69) is 15.9 Å². The third-order valence-electron chi connectivity index (χ3n) is 1.72. The number of benzene rings is 1. The Morgan fingerprint density at radius 2 is 1.86 bits per heavy atom. The first-order valence-corrected chi connectivity index (χ1v) is 5.58. The molecular weight excluding hydrogens is 244 g/mol. The van der Waals surface area contributed by atoms with Crippen LogP contribution >= 0.6 is 15.9 Å². The molecule has 2 nitrogen and oxygen atoms in total. The summed E-state index contributed by atoms with van der Waals surface area (Å²) in [5.74, 6) is 0.907. The molecule has 0 saturated heterocycles. The maximum absolute atomic E-state index is 5.51. The van der Waals surface area contributed by atoms with Gasteiger partial charge in [-0.2, -0.15) is 0 Å². The molecule has 0 saturated carbocycles. The number of halogens is 1. The zero-order valence-corrected chi connectivity index (χ0v) is 9.92. The SMILES string of the molecule is CCOCCCOc1ccc(Br)cc1. The van der Waals surface area contributed by atoms with Gasteiger partial charge in [-0.15, -0.1) is 0 Å². The molecule has 0 spiro atoms. The number of ether oxygens (including phenoxy) is 2. The van der Waals surface area contributed by atoms with Crippen LogP contribution in [0.25, 0.3) is 0 Å². The predicted octanol–water partition coefficient (Wildman–Crippen LogP) is 3.25. The Hall–Kier alpha value is -0.540. The molecule has 0 bridgehead atoms. The van der Waals surface area contributed by atoms with Crippen LogP contribution in [0.15, 0.2) is 28.7 Å². The highest BCUT2D eigenvalue weighted by Crippen LogP contribution is 2.15. The van der Waals surface area contributed by atoms with Crippen molar-refractivity contribution in [2.45, 2.75) is 13.3 Å². The van der Waals surface area contributed by atoms with E-state index in [-0.39, 0.29) is 0 Å². The predicted molar refractivity (Wildman–Crippen MR) is 60.7 cm³/mol. The Kier molecular flexibility index (Phi) is 5.64. The van der Waals surface area contributed by atoms with Crippen LogP contribution in [0, 0.1) is 0 Å². The summed E-state index contributed by atoms with van der Waals surface area (Å²) in [4.78, 5) is 0. The monoisotopic (exact) mass is 258 g/mol. The first-order chi connectivity index (χ1) is 6.83. The van der Waals surface area contributed by atoms with Crippen molar-refractivity contribution in [3.63, 3.8) is 0 Å².